The molecule has 0 spiro atoms. The summed E-state index contributed by atoms with van der Waals surface area (Å²) < 4.78 is 5.18. The van der Waals surface area contributed by atoms with Crippen molar-refractivity contribution in [1.82, 2.24) is 15.5 Å². The van der Waals surface area contributed by atoms with Crippen LogP contribution in [0.2, 0.25) is 0 Å². The summed E-state index contributed by atoms with van der Waals surface area (Å²) >= 11 is 0. The van der Waals surface area contributed by atoms with Crippen molar-refractivity contribution in [3.63, 3.8) is 0 Å². The van der Waals surface area contributed by atoms with Crippen LogP contribution in [0.1, 0.15) is 58.7 Å². The number of aryl methyl sites for hydroxylation is 1. The summed E-state index contributed by atoms with van der Waals surface area (Å²) in [5.74, 6) is -1.06. The van der Waals surface area contributed by atoms with Crippen molar-refractivity contribution in [3.05, 3.63) is 29.3 Å². The molecule has 0 aliphatic heterocycles. The van der Waals surface area contributed by atoms with Crippen LogP contribution in [-0.2, 0) is 14.3 Å². The fraction of sp³-hybridized carbons (Fsp3) is 0.545. The van der Waals surface area contributed by atoms with E-state index in [1.165, 1.54) is 19.1 Å². The predicted molar refractivity (Wildman–Crippen MR) is 115 cm³/mol. The number of alkyl carbamates (subject to hydrolysis) is 1. The topological polar surface area (TPSA) is 132 Å². The monoisotopic (exact) mass is 432 g/mol. The number of hydrogen-bond donors (Lipinski definition) is 3. The van der Waals surface area contributed by atoms with E-state index in [9.17, 15) is 24.8 Å². The maximum Gasteiger partial charge on any atom is 0.408 e. The fourth-order valence-corrected chi connectivity index (χ4v) is 2.85. The first kappa shape index (κ1) is 25.8. The zero-order chi connectivity index (χ0) is 23.9. The van der Waals surface area contributed by atoms with Crippen LogP contribution in [0.25, 0.3) is 0 Å². The molecule has 0 aliphatic carbocycles. The molecule has 31 heavy (non-hydrogen) atoms. The number of benzene rings is 1. The first-order chi connectivity index (χ1) is 14.3. The average molecular weight is 433 g/mol. The molecule has 0 bridgehead atoms. The van der Waals surface area contributed by atoms with E-state index in [0.717, 1.165) is 4.90 Å². The van der Waals surface area contributed by atoms with Gasteiger partial charge in [-0.15, -0.1) is 0 Å². The molecule has 2 unspecified atom stereocenters. The molecule has 9 nitrogen and oxygen atoms in total. The van der Waals surface area contributed by atoms with Crippen molar-refractivity contribution < 1.29 is 24.2 Å². The van der Waals surface area contributed by atoms with E-state index < -0.39 is 35.6 Å². The minimum atomic E-state index is -1.13. The lowest BCUT2D eigenvalue weighted by Gasteiger charge is -2.32. The van der Waals surface area contributed by atoms with Gasteiger partial charge in [0.15, 0.2) is 0 Å². The molecule has 3 N–H and O–H groups in total. The maximum atomic E-state index is 13.2. The number of aromatic hydroxyl groups is 1. The Kier molecular flexibility index (Phi) is 8.86. The van der Waals surface area contributed by atoms with Gasteiger partial charge in [-0.1, -0.05) is 6.07 Å². The number of nitriles is 1. The van der Waals surface area contributed by atoms with Gasteiger partial charge in [0.1, 0.15) is 30.0 Å². The summed E-state index contributed by atoms with van der Waals surface area (Å²) in [5, 5.41) is 24.4. The zero-order valence-electron chi connectivity index (χ0n) is 19.1. The molecule has 0 radical (unpaired) electrons. The third-order valence-corrected chi connectivity index (χ3v) is 4.16. The van der Waals surface area contributed by atoms with Crippen LogP contribution in [-0.4, -0.2) is 52.1 Å². The van der Waals surface area contributed by atoms with Crippen LogP contribution < -0.4 is 10.6 Å². The second-order valence-electron chi connectivity index (χ2n) is 8.60. The first-order valence-corrected chi connectivity index (χ1v) is 10.0. The SMILES string of the molecule is Cc1cc(C(C(=O)NC(C)C)N(CC#N)C(=O)C(C)NC(=O)OC(C)(C)C)ccc1O. The molecule has 0 fully saturated rings. The fourth-order valence-electron chi connectivity index (χ4n) is 2.85. The van der Waals surface area contributed by atoms with E-state index in [-0.39, 0.29) is 18.3 Å². The number of nitrogens with zero attached hydrogens (tertiary/aromatic N) is 2. The van der Waals surface area contributed by atoms with Crippen LogP contribution in [0.5, 0.6) is 5.75 Å². The smallest absolute Gasteiger partial charge is 0.408 e. The normalized spacial score (nSPS) is 13.0. The number of rotatable bonds is 7. The van der Waals surface area contributed by atoms with Crippen LogP contribution in [0.15, 0.2) is 18.2 Å². The molecule has 0 saturated carbocycles. The molecule has 3 amide bonds. The van der Waals surface area contributed by atoms with Gasteiger partial charge in [-0.2, -0.15) is 5.26 Å². The quantitative estimate of drug-likeness (QED) is 0.567. The second kappa shape index (κ2) is 10.7. The Morgan fingerprint density at radius 1 is 1.19 bits per heavy atom. The lowest BCUT2D eigenvalue weighted by Crippen LogP contribution is -2.52. The summed E-state index contributed by atoms with van der Waals surface area (Å²) in [6.45, 7) is 11.4. The molecule has 0 heterocycles. The van der Waals surface area contributed by atoms with Crippen molar-refractivity contribution in [2.24, 2.45) is 0 Å². The maximum absolute atomic E-state index is 13.2. The van der Waals surface area contributed by atoms with Gasteiger partial charge in [0.25, 0.3) is 0 Å². The van der Waals surface area contributed by atoms with Gasteiger partial charge >= 0.3 is 6.09 Å². The van der Waals surface area contributed by atoms with Gasteiger partial charge < -0.3 is 25.4 Å². The Morgan fingerprint density at radius 2 is 1.81 bits per heavy atom. The molecule has 0 aromatic heterocycles. The van der Waals surface area contributed by atoms with Gasteiger partial charge in [0.2, 0.25) is 11.8 Å². The lowest BCUT2D eigenvalue weighted by molar-refractivity contribution is -0.141. The zero-order valence-corrected chi connectivity index (χ0v) is 19.1. The standard InChI is InChI=1S/C22H32N4O5/c1-13(2)24-19(28)18(16-8-9-17(27)14(3)12-16)26(11-10-23)20(29)15(4)25-21(30)31-22(5,6)7/h8-9,12-13,15,18,27H,11H2,1-7H3,(H,24,28)(H,25,30). The van der Waals surface area contributed by atoms with Crippen molar-refractivity contribution in [2.45, 2.75) is 72.2 Å². The summed E-state index contributed by atoms with van der Waals surface area (Å²) in [6.07, 6.45) is -0.783. The molecule has 1 rings (SSSR count). The highest BCUT2D eigenvalue weighted by Gasteiger charge is 2.35. The predicted octanol–water partition coefficient (Wildman–Crippen LogP) is 2.53. The Labute approximate surface area is 183 Å². The number of phenolic OH excluding ortho intramolecular Hbond substituents is 1. The minimum Gasteiger partial charge on any atom is -0.508 e. The van der Waals surface area contributed by atoms with E-state index in [4.69, 9.17) is 4.74 Å². The summed E-state index contributed by atoms with van der Waals surface area (Å²) in [6, 6.07) is 4.07. The number of carbonyl (C=O) groups is 3. The van der Waals surface area contributed by atoms with Gasteiger partial charge in [0, 0.05) is 6.04 Å². The Hall–Kier alpha value is -3.28. The van der Waals surface area contributed by atoms with Crippen molar-refractivity contribution in [3.8, 4) is 11.8 Å². The molecule has 9 heteroatoms. The molecule has 1 aromatic carbocycles. The highest BCUT2D eigenvalue weighted by Crippen LogP contribution is 2.27. The molecular formula is C22H32N4O5. The molecule has 0 saturated heterocycles. The summed E-state index contributed by atoms with van der Waals surface area (Å²) in [5.41, 5.74) is 0.202. The number of hydrogen-bond acceptors (Lipinski definition) is 6. The highest BCUT2D eigenvalue weighted by molar-refractivity contribution is 5.92. The van der Waals surface area contributed by atoms with E-state index in [2.05, 4.69) is 10.6 Å². The average Bonchev–Trinajstić information content (AvgIpc) is 2.61. The van der Waals surface area contributed by atoms with Crippen molar-refractivity contribution in [1.29, 1.82) is 5.26 Å². The third-order valence-electron chi connectivity index (χ3n) is 4.16. The number of amides is 3. The van der Waals surface area contributed by atoms with Crippen molar-refractivity contribution in [2.75, 3.05) is 6.54 Å². The molecule has 1 aromatic rings. The van der Waals surface area contributed by atoms with Crippen LogP contribution in [0, 0.1) is 18.3 Å². The van der Waals surface area contributed by atoms with Gasteiger partial charge in [-0.3, -0.25) is 9.59 Å². The first-order valence-electron chi connectivity index (χ1n) is 10.0. The van der Waals surface area contributed by atoms with Crippen LogP contribution >= 0.6 is 0 Å². The Morgan fingerprint density at radius 3 is 2.29 bits per heavy atom. The molecule has 170 valence electrons. The second-order valence-corrected chi connectivity index (χ2v) is 8.60. The number of ether oxygens (including phenoxy) is 1. The van der Waals surface area contributed by atoms with E-state index >= 15 is 0 Å². The number of phenols is 1. The summed E-state index contributed by atoms with van der Waals surface area (Å²) in [4.78, 5) is 39.4. The molecular weight excluding hydrogens is 400 g/mol. The highest BCUT2D eigenvalue weighted by atomic mass is 16.6. The lowest BCUT2D eigenvalue weighted by atomic mass is 10.00. The van der Waals surface area contributed by atoms with Gasteiger partial charge in [-0.25, -0.2) is 4.79 Å². The van der Waals surface area contributed by atoms with Crippen LogP contribution in [0.3, 0.4) is 0 Å². The Bertz CT molecular complexity index is 854. The summed E-state index contributed by atoms with van der Waals surface area (Å²) in [7, 11) is 0. The third kappa shape index (κ3) is 7.81. The number of carbonyl (C=O) groups excluding carboxylic acids is 3. The van der Waals surface area contributed by atoms with Crippen LogP contribution in [0.4, 0.5) is 4.79 Å². The largest absolute Gasteiger partial charge is 0.508 e. The minimum absolute atomic E-state index is 0.0462. The number of nitrogens with one attached hydrogen (secondary N) is 2. The van der Waals surface area contributed by atoms with E-state index in [1.54, 1.807) is 47.6 Å². The van der Waals surface area contributed by atoms with E-state index in [1.807, 2.05) is 6.07 Å². The molecule has 2 atom stereocenters. The van der Waals surface area contributed by atoms with Crippen molar-refractivity contribution >= 4 is 17.9 Å². The van der Waals surface area contributed by atoms with E-state index in [0.29, 0.717) is 11.1 Å². The Balaban J connectivity index is 3.30. The van der Waals surface area contributed by atoms with Gasteiger partial charge in [0.05, 0.1) is 6.07 Å². The molecule has 0 aliphatic rings. The van der Waals surface area contributed by atoms with Gasteiger partial charge in [-0.05, 0) is 71.7 Å².